The number of nitrogens with one attached hydrogen (secondary N) is 1. The van der Waals surface area contributed by atoms with E-state index in [0.29, 0.717) is 24.0 Å². The fraction of sp³-hybridized carbons (Fsp3) is 0.389. The summed E-state index contributed by atoms with van der Waals surface area (Å²) < 4.78 is 8.38. The first kappa shape index (κ1) is 17.4. The Morgan fingerprint density at radius 2 is 2.20 bits per heavy atom. The molecule has 0 saturated heterocycles. The highest BCUT2D eigenvalue weighted by Gasteiger charge is 2.16. The Balaban J connectivity index is 1.95. The zero-order valence-electron chi connectivity index (χ0n) is 14.7. The van der Waals surface area contributed by atoms with Gasteiger partial charge in [-0.1, -0.05) is 30.7 Å². The molecule has 2 aromatic heterocycles. The molecule has 0 aliphatic heterocycles. The number of thiazole rings is 1. The van der Waals surface area contributed by atoms with Crippen LogP contribution >= 0.6 is 11.3 Å². The first-order valence-electron chi connectivity index (χ1n) is 8.51. The lowest BCUT2D eigenvalue weighted by Crippen LogP contribution is -2.14. The molecule has 3 aromatic rings. The summed E-state index contributed by atoms with van der Waals surface area (Å²) >= 11 is 1.52. The van der Waals surface area contributed by atoms with Crippen LogP contribution in [0.4, 0.5) is 5.82 Å². The van der Waals surface area contributed by atoms with Crippen LogP contribution < -0.4 is 10.1 Å². The Morgan fingerprint density at radius 3 is 2.96 bits per heavy atom. The molecule has 0 fully saturated rings. The van der Waals surface area contributed by atoms with Crippen molar-refractivity contribution >= 4 is 33.3 Å². The third-order valence-electron chi connectivity index (χ3n) is 3.71. The minimum Gasteiger partial charge on any atom is -0.492 e. The normalized spacial score (nSPS) is 11.0. The second-order valence-electron chi connectivity index (χ2n) is 5.77. The zero-order chi connectivity index (χ0) is 17.8. The van der Waals surface area contributed by atoms with Crippen LogP contribution in [0.1, 0.15) is 38.8 Å². The van der Waals surface area contributed by atoms with Gasteiger partial charge in [0, 0.05) is 12.5 Å². The molecule has 6 nitrogen and oxygen atoms in total. The van der Waals surface area contributed by atoms with Crippen LogP contribution in [-0.2, 0) is 4.79 Å². The maximum atomic E-state index is 12.1. The van der Waals surface area contributed by atoms with Crippen molar-refractivity contribution in [2.75, 3.05) is 11.9 Å². The van der Waals surface area contributed by atoms with Gasteiger partial charge in [-0.3, -0.25) is 4.79 Å². The van der Waals surface area contributed by atoms with Crippen molar-refractivity contribution < 1.29 is 9.53 Å². The van der Waals surface area contributed by atoms with Crippen LogP contribution in [0.3, 0.4) is 0 Å². The number of carbonyl (C=O) groups excluding carboxylic acids is 1. The van der Waals surface area contributed by atoms with Gasteiger partial charge in [-0.05, 0) is 32.4 Å². The first-order valence-corrected chi connectivity index (χ1v) is 9.33. The SMILES string of the molecule is CCCCC(=O)Nc1cc(C)nn1-c1nc2c(OCC)cccc2s1. The highest BCUT2D eigenvalue weighted by atomic mass is 32.1. The van der Waals surface area contributed by atoms with E-state index in [1.54, 1.807) is 4.68 Å². The maximum absolute atomic E-state index is 12.1. The number of fused-ring (bicyclic) bond motifs is 1. The summed E-state index contributed by atoms with van der Waals surface area (Å²) in [5.74, 6) is 1.41. The Kier molecular flexibility index (Phi) is 5.33. The number of unbranched alkanes of at least 4 members (excludes halogenated alkanes) is 1. The van der Waals surface area contributed by atoms with Crippen molar-refractivity contribution in [3.05, 3.63) is 30.0 Å². The number of aromatic nitrogens is 3. The van der Waals surface area contributed by atoms with Gasteiger partial charge in [-0.2, -0.15) is 9.78 Å². The van der Waals surface area contributed by atoms with E-state index in [4.69, 9.17) is 4.74 Å². The Morgan fingerprint density at radius 1 is 1.36 bits per heavy atom. The Hall–Kier alpha value is -2.41. The molecule has 0 atom stereocenters. The topological polar surface area (TPSA) is 69.0 Å². The second kappa shape index (κ2) is 7.65. The number of anilines is 1. The number of rotatable bonds is 7. The van der Waals surface area contributed by atoms with Gasteiger partial charge in [0.25, 0.3) is 0 Å². The van der Waals surface area contributed by atoms with Crippen LogP contribution in [-0.4, -0.2) is 27.3 Å². The first-order chi connectivity index (χ1) is 12.1. The van der Waals surface area contributed by atoms with Crippen LogP contribution in [0.15, 0.2) is 24.3 Å². The molecule has 7 heteroatoms. The molecule has 25 heavy (non-hydrogen) atoms. The van der Waals surface area contributed by atoms with Gasteiger partial charge < -0.3 is 10.1 Å². The zero-order valence-corrected chi connectivity index (χ0v) is 15.5. The molecule has 0 unspecified atom stereocenters. The van der Waals surface area contributed by atoms with Crippen molar-refractivity contribution in [2.45, 2.75) is 40.0 Å². The van der Waals surface area contributed by atoms with Gasteiger partial charge in [-0.15, -0.1) is 0 Å². The molecule has 0 aliphatic rings. The number of ether oxygens (including phenoxy) is 1. The fourth-order valence-corrected chi connectivity index (χ4v) is 3.50. The Labute approximate surface area is 150 Å². The number of amides is 1. The number of carbonyl (C=O) groups is 1. The summed E-state index contributed by atoms with van der Waals surface area (Å²) in [7, 11) is 0. The molecule has 0 saturated carbocycles. The van der Waals surface area contributed by atoms with Gasteiger partial charge in [-0.25, -0.2) is 4.98 Å². The lowest BCUT2D eigenvalue weighted by atomic mass is 10.2. The van der Waals surface area contributed by atoms with Crippen molar-refractivity contribution in [3.63, 3.8) is 0 Å². The van der Waals surface area contributed by atoms with Crippen LogP contribution in [0.25, 0.3) is 15.3 Å². The number of hydrogen-bond donors (Lipinski definition) is 1. The third kappa shape index (κ3) is 3.82. The predicted octanol–water partition coefficient (Wildman–Crippen LogP) is 4.32. The largest absolute Gasteiger partial charge is 0.492 e. The fourth-order valence-electron chi connectivity index (χ4n) is 2.55. The van der Waals surface area contributed by atoms with Gasteiger partial charge >= 0.3 is 0 Å². The van der Waals surface area contributed by atoms with Crippen molar-refractivity contribution in [1.82, 2.24) is 14.8 Å². The summed E-state index contributed by atoms with van der Waals surface area (Å²) in [6.45, 7) is 6.51. The van der Waals surface area contributed by atoms with Gasteiger partial charge in [0.1, 0.15) is 17.1 Å². The molecular weight excluding hydrogens is 336 g/mol. The van der Waals surface area contributed by atoms with E-state index in [0.717, 1.165) is 34.5 Å². The van der Waals surface area contributed by atoms with E-state index in [2.05, 4.69) is 22.3 Å². The molecule has 1 aromatic carbocycles. The number of hydrogen-bond acceptors (Lipinski definition) is 5. The van der Waals surface area contributed by atoms with E-state index in [1.165, 1.54) is 11.3 Å². The quantitative estimate of drug-likeness (QED) is 0.683. The van der Waals surface area contributed by atoms with E-state index < -0.39 is 0 Å². The van der Waals surface area contributed by atoms with Gasteiger partial charge in [0.15, 0.2) is 0 Å². The summed E-state index contributed by atoms with van der Waals surface area (Å²) in [4.78, 5) is 16.8. The lowest BCUT2D eigenvalue weighted by Gasteiger charge is -2.06. The minimum absolute atomic E-state index is 0.000818. The average Bonchev–Trinajstić information content (AvgIpc) is 3.17. The van der Waals surface area contributed by atoms with E-state index in [9.17, 15) is 4.79 Å². The molecule has 132 valence electrons. The predicted molar refractivity (Wildman–Crippen MR) is 101 cm³/mol. The number of aryl methyl sites for hydroxylation is 1. The smallest absolute Gasteiger partial charge is 0.225 e. The molecule has 2 heterocycles. The summed E-state index contributed by atoms with van der Waals surface area (Å²) in [5, 5.41) is 8.15. The van der Waals surface area contributed by atoms with Crippen LogP contribution in [0.2, 0.25) is 0 Å². The number of benzene rings is 1. The van der Waals surface area contributed by atoms with Crippen LogP contribution in [0, 0.1) is 6.92 Å². The van der Waals surface area contributed by atoms with E-state index >= 15 is 0 Å². The molecule has 3 rings (SSSR count). The van der Waals surface area contributed by atoms with Gasteiger partial charge in [0.05, 0.1) is 17.0 Å². The van der Waals surface area contributed by atoms with E-state index in [-0.39, 0.29) is 5.91 Å². The molecule has 0 bridgehead atoms. The monoisotopic (exact) mass is 358 g/mol. The standard InChI is InChI=1S/C18H22N4O2S/c1-4-6-10-16(23)19-15-11-12(3)21-22(15)18-20-17-13(24-5-2)8-7-9-14(17)25-18/h7-9,11H,4-6,10H2,1-3H3,(H,19,23). The van der Waals surface area contributed by atoms with E-state index in [1.807, 2.05) is 38.1 Å². The maximum Gasteiger partial charge on any atom is 0.225 e. The van der Waals surface area contributed by atoms with Crippen molar-refractivity contribution in [1.29, 1.82) is 0 Å². The van der Waals surface area contributed by atoms with Gasteiger partial charge in [0.2, 0.25) is 11.0 Å². The molecule has 0 radical (unpaired) electrons. The highest BCUT2D eigenvalue weighted by Crippen LogP contribution is 2.32. The van der Waals surface area contributed by atoms with Crippen molar-refractivity contribution in [2.24, 2.45) is 0 Å². The highest BCUT2D eigenvalue weighted by molar-refractivity contribution is 7.20. The summed E-state index contributed by atoms with van der Waals surface area (Å²) in [5.41, 5.74) is 1.65. The number of nitrogens with zero attached hydrogens (tertiary/aromatic N) is 3. The Bertz CT molecular complexity index is 884. The number of para-hydroxylation sites is 1. The lowest BCUT2D eigenvalue weighted by molar-refractivity contribution is -0.116. The second-order valence-corrected chi connectivity index (χ2v) is 6.78. The molecule has 0 spiro atoms. The molecule has 1 N–H and O–H groups in total. The third-order valence-corrected chi connectivity index (χ3v) is 4.70. The average molecular weight is 358 g/mol. The summed E-state index contributed by atoms with van der Waals surface area (Å²) in [6, 6.07) is 7.74. The van der Waals surface area contributed by atoms with Crippen LogP contribution in [0.5, 0.6) is 5.75 Å². The minimum atomic E-state index is -0.000818. The molecule has 0 aliphatic carbocycles. The van der Waals surface area contributed by atoms with Crippen molar-refractivity contribution in [3.8, 4) is 10.9 Å². The summed E-state index contributed by atoms with van der Waals surface area (Å²) in [6.07, 6.45) is 2.37. The molecular formula is C18H22N4O2S. The molecule has 1 amide bonds.